The largest absolute Gasteiger partial charge is 0.344 e. The van der Waals surface area contributed by atoms with Gasteiger partial charge in [0.15, 0.2) is 0 Å². The highest BCUT2D eigenvalue weighted by molar-refractivity contribution is 14.1. The molecule has 1 aromatic rings. The number of carbonyl (C=O) groups excluding carboxylic acids is 2. The number of carbonyl (C=O) groups is 2. The summed E-state index contributed by atoms with van der Waals surface area (Å²) in [7, 11) is 0. The van der Waals surface area contributed by atoms with Crippen LogP contribution in [0.4, 0.5) is 5.69 Å². The number of benzene rings is 1. The molecule has 0 aromatic heterocycles. The predicted octanol–water partition coefficient (Wildman–Crippen LogP) is 2.56. The van der Waals surface area contributed by atoms with Crippen LogP contribution in [0, 0.1) is 9.49 Å². The lowest BCUT2D eigenvalue weighted by Crippen LogP contribution is -2.45. The molecule has 0 bridgehead atoms. The fourth-order valence-electron chi connectivity index (χ4n) is 2.38. The van der Waals surface area contributed by atoms with Gasteiger partial charge in [0, 0.05) is 16.5 Å². The number of hydrogen-bond acceptors (Lipinski definition) is 2. The Labute approximate surface area is 133 Å². The summed E-state index contributed by atoms with van der Waals surface area (Å²) in [5.41, 5.74) is 0.892. The van der Waals surface area contributed by atoms with E-state index >= 15 is 0 Å². The van der Waals surface area contributed by atoms with Crippen molar-refractivity contribution in [3.8, 4) is 0 Å². The van der Waals surface area contributed by atoms with Gasteiger partial charge in [-0.1, -0.05) is 26.0 Å². The van der Waals surface area contributed by atoms with Crippen molar-refractivity contribution < 1.29 is 9.59 Å². The highest BCUT2D eigenvalue weighted by Crippen LogP contribution is 2.25. The topological polar surface area (TPSA) is 49.4 Å². The van der Waals surface area contributed by atoms with Crippen molar-refractivity contribution >= 4 is 40.1 Å². The summed E-state index contributed by atoms with van der Waals surface area (Å²) in [6.07, 6.45) is 1.02. The van der Waals surface area contributed by atoms with E-state index in [2.05, 4.69) is 41.8 Å². The molecule has 1 fully saturated rings. The molecule has 1 N–H and O–H groups in total. The van der Waals surface area contributed by atoms with Crippen LogP contribution in [-0.2, 0) is 9.59 Å². The molecule has 1 unspecified atom stereocenters. The second kappa shape index (κ2) is 6.56. The lowest BCUT2D eigenvalue weighted by atomic mass is 10.0. The van der Waals surface area contributed by atoms with E-state index in [0.717, 1.165) is 9.26 Å². The molecule has 5 heteroatoms. The minimum Gasteiger partial charge on any atom is -0.344 e. The summed E-state index contributed by atoms with van der Waals surface area (Å²) in [6.45, 7) is 4.56. The maximum absolute atomic E-state index is 12.7. The Morgan fingerprint density at radius 1 is 1.35 bits per heavy atom. The van der Waals surface area contributed by atoms with Crippen LogP contribution in [0.15, 0.2) is 24.3 Å². The molecule has 1 heterocycles. The summed E-state index contributed by atoms with van der Waals surface area (Å²) in [4.78, 5) is 26.2. The first kappa shape index (κ1) is 15.3. The monoisotopic (exact) mass is 386 g/mol. The maximum Gasteiger partial charge on any atom is 0.249 e. The first-order chi connectivity index (χ1) is 9.49. The van der Waals surface area contributed by atoms with Crippen LogP contribution in [0.25, 0.3) is 0 Å². The van der Waals surface area contributed by atoms with Gasteiger partial charge in [-0.2, -0.15) is 0 Å². The Bertz CT molecular complexity index is 516. The number of anilines is 1. The number of rotatable bonds is 3. The summed E-state index contributed by atoms with van der Waals surface area (Å²) in [6, 6.07) is 7.36. The molecule has 1 aromatic carbocycles. The van der Waals surface area contributed by atoms with Crippen LogP contribution >= 0.6 is 22.6 Å². The highest BCUT2D eigenvalue weighted by Gasteiger charge is 2.31. The zero-order valence-corrected chi connectivity index (χ0v) is 13.9. The van der Waals surface area contributed by atoms with E-state index in [1.165, 1.54) is 0 Å². The van der Waals surface area contributed by atoms with Gasteiger partial charge in [-0.05, 0) is 47.1 Å². The zero-order chi connectivity index (χ0) is 14.7. The van der Waals surface area contributed by atoms with Crippen molar-refractivity contribution in [1.82, 2.24) is 5.32 Å². The lowest BCUT2D eigenvalue weighted by Gasteiger charge is -2.25. The molecule has 108 valence electrons. The summed E-state index contributed by atoms with van der Waals surface area (Å²) in [5.74, 6) is 0.310. The van der Waals surface area contributed by atoms with Crippen LogP contribution in [0.2, 0.25) is 0 Å². The van der Waals surface area contributed by atoms with Crippen molar-refractivity contribution in [2.24, 2.45) is 5.92 Å². The Balaban J connectivity index is 2.30. The first-order valence-corrected chi connectivity index (χ1v) is 7.92. The molecule has 0 radical (unpaired) electrons. The van der Waals surface area contributed by atoms with Crippen LogP contribution in [-0.4, -0.2) is 24.4 Å². The lowest BCUT2D eigenvalue weighted by molar-refractivity contribution is -0.125. The third kappa shape index (κ3) is 3.50. The Morgan fingerprint density at radius 2 is 2.05 bits per heavy atom. The molecule has 2 amide bonds. The number of halogens is 1. The molecular formula is C15H19IN2O2. The van der Waals surface area contributed by atoms with Gasteiger partial charge < -0.3 is 10.2 Å². The molecule has 2 rings (SSSR count). The molecule has 0 aliphatic carbocycles. The zero-order valence-electron chi connectivity index (χ0n) is 11.7. The molecule has 4 nitrogen and oxygen atoms in total. The summed E-state index contributed by atoms with van der Waals surface area (Å²) in [5, 5.41) is 2.85. The minimum atomic E-state index is -0.416. The Kier molecular flexibility index (Phi) is 5.01. The molecular weight excluding hydrogens is 367 g/mol. The Hall–Kier alpha value is -1.11. The van der Waals surface area contributed by atoms with E-state index < -0.39 is 6.04 Å². The number of para-hydroxylation sites is 1. The summed E-state index contributed by atoms with van der Waals surface area (Å²) < 4.78 is 1.02. The van der Waals surface area contributed by atoms with Crippen molar-refractivity contribution in [2.45, 2.75) is 32.7 Å². The van der Waals surface area contributed by atoms with E-state index in [0.29, 0.717) is 25.3 Å². The van der Waals surface area contributed by atoms with E-state index in [9.17, 15) is 9.59 Å². The fraction of sp³-hybridized carbons (Fsp3) is 0.467. The third-order valence-electron chi connectivity index (χ3n) is 3.31. The SMILES string of the molecule is CC(C)CC1NC(=O)CCN(c2ccccc2I)C1=O. The smallest absolute Gasteiger partial charge is 0.249 e. The molecule has 20 heavy (non-hydrogen) atoms. The second-order valence-electron chi connectivity index (χ2n) is 5.44. The number of hydrogen-bond donors (Lipinski definition) is 1. The number of amides is 2. The number of nitrogens with one attached hydrogen (secondary N) is 1. The Morgan fingerprint density at radius 3 is 2.70 bits per heavy atom. The van der Waals surface area contributed by atoms with Crippen molar-refractivity contribution in [3.05, 3.63) is 27.8 Å². The predicted molar refractivity (Wildman–Crippen MR) is 87.5 cm³/mol. The van der Waals surface area contributed by atoms with E-state index in [-0.39, 0.29) is 11.8 Å². The van der Waals surface area contributed by atoms with Gasteiger partial charge in [-0.3, -0.25) is 9.59 Å². The van der Waals surface area contributed by atoms with Gasteiger partial charge in [-0.25, -0.2) is 0 Å². The van der Waals surface area contributed by atoms with E-state index in [4.69, 9.17) is 0 Å². The van der Waals surface area contributed by atoms with E-state index in [1.807, 2.05) is 24.3 Å². The fourth-order valence-corrected chi connectivity index (χ4v) is 3.06. The van der Waals surface area contributed by atoms with Gasteiger partial charge in [0.25, 0.3) is 0 Å². The van der Waals surface area contributed by atoms with Crippen LogP contribution in [0.3, 0.4) is 0 Å². The van der Waals surface area contributed by atoms with Gasteiger partial charge >= 0.3 is 0 Å². The van der Waals surface area contributed by atoms with Gasteiger partial charge in [0.1, 0.15) is 6.04 Å². The second-order valence-corrected chi connectivity index (χ2v) is 6.60. The molecule has 0 saturated carbocycles. The molecule has 1 aliphatic heterocycles. The standard InChI is InChI=1S/C15H19IN2O2/c1-10(2)9-12-15(20)18(8-7-14(19)17-12)13-6-4-3-5-11(13)16/h3-6,10,12H,7-9H2,1-2H3,(H,17,19). The quantitative estimate of drug-likeness (QED) is 0.812. The van der Waals surface area contributed by atoms with Crippen molar-refractivity contribution in [3.63, 3.8) is 0 Å². The first-order valence-electron chi connectivity index (χ1n) is 6.84. The molecule has 1 aliphatic rings. The van der Waals surface area contributed by atoms with Crippen LogP contribution in [0.5, 0.6) is 0 Å². The normalized spacial score (nSPS) is 20.0. The van der Waals surface area contributed by atoms with Crippen LogP contribution in [0.1, 0.15) is 26.7 Å². The number of nitrogens with zero attached hydrogens (tertiary/aromatic N) is 1. The summed E-state index contributed by atoms with van der Waals surface area (Å²) >= 11 is 2.22. The average Bonchev–Trinajstić information content (AvgIpc) is 2.51. The van der Waals surface area contributed by atoms with Gasteiger partial charge in [-0.15, -0.1) is 0 Å². The van der Waals surface area contributed by atoms with Crippen LogP contribution < -0.4 is 10.2 Å². The highest BCUT2D eigenvalue weighted by atomic mass is 127. The average molecular weight is 386 g/mol. The maximum atomic E-state index is 12.7. The van der Waals surface area contributed by atoms with Gasteiger partial charge in [0.05, 0.1) is 5.69 Å². The van der Waals surface area contributed by atoms with Crippen molar-refractivity contribution in [1.29, 1.82) is 0 Å². The minimum absolute atomic E-state index is 0.00586. The molecule has 0 spiro atoms. The third-order valence-corrected chi connectivity index (χ3v) is 4.22. The molecule has 1 saturated heterocycles. The van der Waals surface area contributed by atoms with Gasteiger partial charge in [0.2, 0.25) is 11.8 Å². The molecule has 1 atom stereocenters. The van der Waals surface area contributed by atoms with E-state index in [1.54, 1.807) is 4.90 Å². The van der Waals surface area contributed by atoms with Crippen molar-refractivity contribution in [2.75, 3.05) is 11.4 Å².